The Balaban J connectivity index is 1.27. The van der Waals surface area contributed by atoms with Crippen LogP contribution in [0.2, 0.25) is 0 Å². The smallest absolute Gasteiger partial charge is 0.135 e. The molecule has 0 N–H and O–H groups in total. The molecule has 2 aliphatic rings. The number of hydrogen-bond donors (Lipinski definition) is 0. The zero-order chi connectivity index (χ0) is 34.1. The molecule has 10 rings (SSSR count). The predicted molar refractivity (Wildman–Crippen MR) is 213 cm³/mol. The average Bonchev–Trinajstić information content (AvgIpc) is 3.66. The van der Waals surface area contributed by atoms with Crippen LogP contribution in [0.25, 0.3) is 55.3 Å². The second kappa shape index (κ2) is 11.6. The Kier molecular flexibility index (Phi) is 6.83. The molecule has 2 nitrogen and oxygen atoms in total. The highest BCUT2D eigenvalue weighted by Gasteiger charge is 2.37. The molecule has 0 fully saturated rings. The Labute approximate surface area is 299 Å². The average molecular weight is 658 g/mol. The van der Waals surface area contributed by atoms with E-state index in [1.807, 2.05) is 6.07 Å². The third-order valence-corrected chi connectivity index (χ3v) is 11.5. The molecule has 0 saturated heterocycles. The summed E-state index contributed by atoms with van der Waals surface area (Å²) in [6, 6.07) is 55.8. The molecule has 0 amide bonds. The van der Waals surface area contributed by atoms with E-state index in [1.165, 1.54) is 74.2 Å². The topological polar surface area (TPSA) is 16.4 Å². The maximum absolute atomic E-state index is 6.32. The minimum atomic E-state index is -0.136. The molecule has 1 aromatic heterocycles. The van der Waals surface area contributed by atoms with Crippen molar-refractivity contribution in [2.24, 2.45) is 0 Å². The van der Waals surface area contributed by atoms with Crippen LogP contribution in [0.3, 0.4) is 0 Å². The first kappa shape index (κ1) is 30.0. The molecule has 0 radical (unpaired) electrons. The molecule has 51 heavy (non-hydrogen) atoms. The van der Waals surface area contributed by atoms with Gasteiger partial charge in [0.1, 0.15) is 11.2 Å². The van der Waals surface area contributed by atoms with E-state index in [0.717, 1.165) is 46.2 Å². The highest BCUT2D eigenvalue weighted by atomic mass is 16.3. The number of anilines is 3. The monoisotopic (exact) mass is 657 g/mol. The van der Waals surface area contributed by atoms with E-state index in [1.54, 1.807) is 0 Å². The summed E-state index contributed by atoms with van der Waals surface area (Å²) in [5.74, 6) is 0. The lowest BCUT2D eigenvalue weighted by Crippen LogP contribution is -2.17. The van der Waals surface area contributed by atoms with E-state index in [9.17, 15) is 0 Å². The van der Waals surface area contributed by atoms with Crippen LogP contribution in [0, 0.1) is 0 Å². The zero-order valence-electron chi connectivity index (χ0n) is 29.1. The minimum absolute atomic E-state index is 0.136. The van der Waals surface area contributed by atoms with Gasteiger partial charge >= 0.3 is 0 Å². The quantitative estimate of drug-likeness (QED) is 0.183. The van der Waals surface area contributed by atoms with Crippen LogP contribution in [0.5, 0.6) is 0 Å². The van der Waals surface area contributed by atoms with Crippen LogP contribution in [-0.2, 0) is 18.3 Å². The second-order valence-corrected chi connectivity index (χ2v) is 14.8. The molecule has 0 saturated carbocycles. The SMILES string of the molecule is CC1(C)c2ccccc2-c2cc(-c3cccc4c3CCCC4)c(N(c3ccc(-c4ccccc4)cc3)c3ccc4oc5ccccc5c4c3)cc21. The molecule has 1 heterocycles. The molecule has 0 aliphatic heterocycles. The third-order valence-electron chi connectivity index (χ3n) is 11.5. The van der Waals surface area contributed by atoms with E-state index in [2.05, 4.69) is 164 Å². The second-order valence-electron chi connectivity index (χ2n) is 14.8. The van der Waals surface area contributed by atoms with Crippen molar-refractivity contribution in [3.63, 3.8) is 0 Å². The van der Waals surface area contributed by atoms with Gasteiger partial charge in [-0.3, -0.25) is 0 Å². The van der Waals surface area contributed by atoms with E-state index in [-0.39, 0.29) is 5.41 Å². The van der Waals surface area contributed by atoms with Gasteiger partial charge in [-0.1, -0.05) is 117 Å². The Hall–Kier alpha value is -5.86. The van der Waals surface area contributed by atoms with Gasteiger partial charge < -0.3 is 9.32 Å². The number of aryl methyl sites for hydroxylation is 1. The molecule has 0 atom stereocenters. The van der Waals surface area contributed by atoms with Gasteiger partial charge in [0.2, 0.25) is 0 Å². The van der Waals surface area contributed by atoms with Crippen LogP contribution < -0.4 is 4.90 Å². The van der Waals surface area contributed by atoms with Crippen molar-refractivity contribution in [1.82, 2.24) is 0 Å². The Morgan fingerprint density at radius 2 is 1.20 bits per heavy atom. The first-order valence-corrected chi connectivity index (χ1v) is 18.3. The number of rotatable bonds is 5. The third kappa shape index (κ3) is 4.77. The number of hydrogen-bond acceptors (Lipinski definition) is 2. The number of fused-ring (bicyclic) bond motifs is 7. The van der Waals surface area contributed by atoms with Crippen molar-refractivity contribution in [3.8, 4) is 33.4 Å². The first-order valence-electron chi connectivity index (χ1n) is 18.3. The molecular weight excluding hydrogens is 619 g/mol. The van der Waals surface area contributed by atoms with Crippen molar-refractivity contribution < 1.29 is 4.42 Å². The van der Waals surface area contributed by atoms with Crippen LogP contribution in [0.4, 0.5) is 17.1 Å². The van der Waals surface area contributed by atoms with Crippen LogP contribution in [0.1, 0.15) is 48.9 Å². The fourth-order valence-corrected chi connectivity index (χ4v) is 8.88. The van der Waals surface area contributed by atoms with Gasteiger partial charge in [-0.25, -0.2) is 0 Å². The van der Waals surface area contributed by atoms with Crippen molar-refractivity contribution in [2.75, 3.05) is 4.90 Å². The largest absolute Gasteiger partial charge is 0.456 e. The van der Waals surface area contributed by atoms with Crippen molar-refractivity contribution in [3.05, 3.63) is 174 Å². The van der Waals surface area contributed by atoms with Crippen LogP contribution >= 0.6 is 0 Å². The van der Waals surface area contributed by atoms with Gasteiger partial charge in [0.25, 0.3) is 0 Å². The summed E-state index contributed by atoms with van der Waals surface area (Å²) >= 11 is 0. The lowest BCUT2D eigenvalue weighted by atomic mass is 9.80. The Bertz CT molecular complexity index is 2610. The molecular formula is C49H39NO. The normalized spacial score (nSPS) is 14.3. The number of nitrogens with zero attached hydrogens (tertiary/aromatic N) is 1. The summed E-state index contributed by atoms with van der Waals surface area (Å²) in [5.41, 5.74) is 18.6. The zero-order valence-corrected chi connectivity index (χ0v) is 29.1. The molecule has 2 aliphatic carbocycles. The fraction of sp³-hybridized carbons (Fsp3) is 0.143. The maximum Gasteiger partial charge on any atom is 0.135 e. The maximum atomic E-state index is 6.32. The first-order chi connectivity index (χ1) is 25.0. The summed E-state index contributed by atoms with van der Waals surface area (Å²) in [6.07, 6.45) is 4.75. The lowest BCUT2D eigenvalue weighted by Gasteiger charge is -2.31. The summed E-state index contributed by atoms with van der Waals surface area (Å²) in [5, 5.41) is 2.26. The Morgan fingerprint density at radius 3 is 2.08 bits per heavy atom. The van der Waals surface area contributed by atoms with Crippen molar-refractivity contribution >= 4 is 39.0 Å². The number of furan rings is 1. The molecule has 0 bridgehead atoms. The highest BCUT2D eigenvalue weighted by Crippen LogP contribution is 2.54. The van der Waals surface area contributed by atoms with E-state index in [0.29, 0.717) is 0 Å². The van der Waals surface area contributed by atoms with Gasteiger partial charge in [0.05, 0.1) is 5.69 Å². The van der Waals surface area contributed by atoms with Gasteiger partial charge in [-0.15, -0.1) is 0 Å². The van der Waals surface area contributed by atoms with Crippen LogP contribution in [-0.4, -0.2) is 0 Å². The lowest BCUT2D eigenvalue weighted by molar-refractivity contribution is 0.660. The molecule has 0 unspecified atom stereocenters. The van der Waals surface area contributed by atoms with E-state index < -0.39 is 0 Å². The van der Waals surface area contributed by atoms with Gasteiger partial charge in [0, 0.05) is 33.1 Å². The molecule has 7 aromatic carbocycles. The molecule has 246 valence electrons. The van der Waals surface area contributed by atoms with Crippen molar-refractivity contribution in [1.29, 1.82) is 0 Å². The van der Waals surface area contributed by atoms with E-state index >= 15 is 0 Å². The van der Waals surface area contributed by atoms with Crippen molar-refractivity contribution in [2.45, 2.75) is 44.9 Å². The molecule has 8 aromatic rings. The van der Waals surface area contributed by atoms with E-state index in [4.69, 9.17) is 4.42 Å². The minimum Gasteiger partial charge on any atom is -0.456 e. The summed E-state index contributed by atoms with van der Waals surface area (Å²) in [4.78, 5) is 2.49. The molecule has 2 heteroatoms. The highest BCUT2D eigenvalue weighted by molar-refractivity contribution is 6.07. The molecule has 0 spiro atoms. The summed E-state index contributed by atoms with van der Waals surface area (Å²) in [7, 11) is 0. The fourth-order valence-electron chi connectivity index (χ4n) is 8.88. The van der Waals surface area contributed by atoms with Crippen LogP contribution in [0.15, 0.2) is 156 Å². The standard InChI is InChI=1S/C49H39NO/c1-49(2)44-21-10-8-18-39(44)41-30-42(38-20-12-16-34-15-6-7-17-37(34)38)46(31-45(41)49)50(35-25-23-33(24-26-35)32-13-4-3-5-14-32)36-27-28-48-43(29-36)40-19-9-11-22-47(40)51-48/h3-5,8-14,16,18-31H,6-7,15,17H2,1-2H3. The van der Waals surface area contributed by atoms with Gasteiger partial charge in [0.15, 0.2) is 0 Å². The summed E-state index contributed by atoms with van der Waals surface area (Å²) < 4.78 is 6.32. The summed E-state index contributed by atoms with van der Waals surface area (Å²) in [6.45, 7) is 4.77. The number of benzene rings is 7. The number of para-hydroxylation sites is 1. The Morgan fingerprint density at radius 1 is 0.490 bits per heavy atom. The predicted octanol–water partition coefficient (Wildman–Crippen LogP) is 13.6. The van der Waals surface area contributed by atoms with Gasteiger partial charge in [-0.05, 0) is 124 Å². The van der Waals surface area contributed by atoms with Gasteiger partial charge in [-0.2, -0.15) is 0 Å².